The largest absolute Gasteiger partial charge is 0.508 e. The average molecular weight is 477 g/mol. The van der Waals surface area contributed by atoms with Crippen molar-refractivity contribution in [3.8, 4) is 22.9 Å². The smallest absolute Gasteiger partial charge is 0.266 e. The van der Waals surface area contributed by atoms with Crippen molar-refractivity contribution in [1.82, 2.24) is 15.0 Å². The number of thioether (sulfide) groups is 1. The van der Waals surface area contributed by atoms with E-state index >= 15 is 0 Å². The maximum absolute atomic E-state index is 13.2. The summed E-state index contributed by atoms with van der Waals surface area (Å²) in [4.78, 5) is 30.2. The van der Waals surface area contributed by atoms with Crippen LogP contribution in [0.2, 0.25) is 0 Å². The number of hydrogen-bond donors (Lipinski definition) is 3. The molecule has 10 heteroatoms. The molecule has 0 atom stereocenters. The quantitative estimate of drug-likeness (QED) is 0.162. The van der Waals surface area contributed by atoms with E-state index in [0.29, 0.717) is 33.1 Å². The highest BCUT2D eigenvalue weighted by atomic mass is 32.2. The molecule has 3 N–H and O–H groups in total. The molecule has 34 heavy (non-hydrogen) atoms. The lowest BCUT2D eigenvalue weighted by molar-refractivity contribution is -0.118. The molecule has 0 aliphatic carbocycles. The first-order chi connectivity index (χ1) is 16.5. The number of carbonyl (C=O) groups is 1. The molecule has 0 saturated heterocycles. The van der Waals surface area contributed by atoms with Gasteiger partial charge < -0.3 is 14.9 Å². The lowest BCUT2D eigenvalue weighted by Crippen LogP contribution is -2.24. The van der Waals surface area contributed by atoms with Crippen LogP contribution in [-0.4, -0.2) is 44.7 Å². The van der Waals surface area contributed by atoms with Gasteiger partial charge in [0.2, 0.25) is 0 Å². The maximum atomic E-state index is 13.2. The van der Waals surface area contributed by atoms with E-state index in [1.54, 1.807) is 55.6 Å². The first kappa shape index (κ1) is 22.9. The van der Waals surface area contributed by atoms with Crippen LogP contribution in [0.4, 0.5) is 0 Å². The Kier molecular flexibility index (Phi) is 6.79. The van der Waals surface area contributed by atoms with E-state index < -0.39 is 5.91 Å². The van der Waals surface area contributed by atoms with Crippen molar-refractivity contribution < 1.29 is 19.7 Å². The summed E-state index contributed by atoms with van der Waals surface area (Å²) >= 11 is 1.09. The summed E-state index contributed by atoms with van der Waals surface area (Å²) in [6.45, 7) is 0. The minimum Gasteiger partial charge on any atom is -0.508 e. The van der Waals surface area contributed by atoms with E-state index in [4.69, 9.17) is 4.74 Å². The minimum atomic E-state index is -0.428. The van der Waals surface area contributed by atoms with Gasteiger partial charge in [-0.05, 0) is 48.5 Å². The number of aromatic nitrogens is 2. The Bertz CT molecular complexity index is 1430. The molecule has 4 aromatic rings. The Hall–Kier alpha value is -4.31. The summed E-state index contributed by atoms with van der Waals surface area (Å²) in [6.07, 6.45) is 1.26. The van der Waals surface area contributed by atoms with Gasteiger partial charge in [-0.25, -0.2) is 10.4 Å². The number of phenolic OH excluding ortho intramolecular Hbond substituents is 2. The van der Waals surface area contributed by atoms with Crippen LogP contribution in [0.25, 0.3) is 16.6 Å². The van der Waals surface area contributed by atoms with Gasteiger partial charge in [0.25, 0.3) is 11.5 Å². The van der Waals surface area contributed by atoms with Gasteiger partial charge in [0.05, 0.1) is 35.7 Å². The van der Waals surface area contributed by atoms with Gasteiger partial charge in [-0.1, -0.05) is 23.9 Å². The van der Waals surface area contributed by atoms with Gasteiger partial charge in [0, 0.05) is 11.6 Å². The lowest BCUT2D eigenvalue weighted by Gasteiger charge is -2.13. The van der Waals surface area contributed by atoms with Crippen molar-refractivity contribution >= 4 is 34.8 Å². The molecule has 1 amide bonds. The first-order valence-electron chi connectivity index (χ1n) is 10.1. The highest BCUT2D eigenvalue weighted by Gasteiger charge is 2.15. The molecule has 0 aliphatic rings. The molecule has 0 spiro atoms. The van der Waals surface area contributed by atoms with Gasteiger partial charge in [0.15, 0.2) is 5.16 Å². The maximum Gasteiger partial charge on any atom is 0.266 e. The van der Waals surface area contributed by atoms with Gasteiger partial charge in [-0.3, -0.25) is 14.2 Å². The Morgan fingerprint density at radius 1 is 1.15 bits per heavy atom. The first-order valence-corrected chi connectivity index (χ1v) is 11.1. The summed E-state index contributed by atoms with van der Waals surface area (Å²) in [5.41, 5.74) is 3.57. The predicted octanol–water partition coefficient (Wildman–Crippen LogP) is 3.05. The Morgan fingerprint density at radius 2 is 1.91 bits per heavy atom. The second-order valence-electron chi connectivity index (χ2n) is 7.08. The van der Waals surface area contributed by atoms with E-state index in [1.165, 1.54) is 29.0 Å². The summed E-state index contributed by atoms with van der Waals surface area (Å²) in [5.74, 6) is -0.0863. The average Bonchev–Trinajstić information content (AvgIpc) is 2.84. The van der Waals surface area contributed by atoms with Gasteiger partial charge in [0.1, 0.15) is 17.2 Å². The number of para-hydroxylation sites is 1. The van der Waals surface area contributed by atoms with E-state index in [0.717, 1.165) is 11.8 Å². The molecular weight excluding hydrogens is 456 g/mol. The zero-order chi connectivity index (χ0) is 24.1. The van der Waals surface area contributed by atoms with Crippen molar-refractivity contribution in [3.05, 3.63) is 82.6 Å². The van der Waals surface area contributed by atoms with Crippen molar-refractivity contribution in [2.75, 3.05) is 12.9 Å². The van der Waals surface area contributed by atoms with Crippen molar-refractivity contribution in [2.45, 2.75) is 5.16 Å². The Balaban J connectivity index is 1.56. The van der Waals surface area contributed by atoms with Crippen LogP contribution in [0, 0.1) is 0 Å². The SMILES string of the molecule is COc1ccc(-n2c(SCC(=O)NN=Cc3ccc(O)cc3O)nc3ccccc3c2=O)cc1. The third-order valence-electron chi connectivity index (χ3n) is 4.81. The number of hydrazone groups is 1. The van der Waals surface area contributed by atoms with Crippen LogP contribution in [0.3, 0.4) is 0 Å². The Labute approximate surface area is 198 Å². The van der Waals surface area contributed by atoms with Crippen LogP contribution in [0.1, 0.15) is 5.56 Å². The summed E-state index contributed by atoms with van der Waals surface area (Å²) in [7, 11) is 1.56. The molecule has 1 heterocycles. The molecule has 172 valence electrons. The van der Waals surface area contributed by atoms with Crippen molar-refractivity contribution in [3.63, 3.8) is 0 Å². The molecule has 0 bridgehead atoms. The Morgan fingerprint density at radius 3 is 2.65 bits per heavy atom. The van der Waals surface area contributed by atoms with Crippen molar-refractivity contribution in [1.29, 1.82) is 0 Å². The summed E-state index contributed by atoms with van der Waals surface area (Å²) in [5, 5.41) is 23.8. The van der Waals surface area contributed by atoms with E-state index in [-0.39, 0.29) is 22.8 Å². The zero-order valence-corrected chi connectivity index (χ0v) is 18.8. The number of benzene rings is 3. The molecule has 9 nitrogen and oxygen atoms in total. The molecule has 3 aromatic carbocycles. The topological polar surface area (TPSA) is 126 Å². The molecular formula is C24H20N4O5S. The number of hydrogen-bond acceptors (Lipinski definition) is 8. The van der Waals surface area contributed by atoms with Gasteiger partial charge >= 0.3 is 0 Å². The van der Waals surface area contributed by atoms with Crippen LogP contribution in [-0.2, 0) is 4.79 Å². The molecule has 4 rings (SSSR count). The van der Waals surface area contributed by atoms with Crippen LogP contribution in [0.15, 0.2) is 81.8 Å². The van der Waals surface area contributed by atoms with Gasteiger partial charge in [-0.15, -0.1) is 0 Å². The number of carbonyl (C=O) groups excluding carboxylic acids is 1. The standard InChI is InChI=1S/C24H20N4O5S/c1-33-18-10-7-16(8-11-18)28-23(32)19-4-2-3-5-20(19)26-24(28)34-14-22(31)27-25-13-15-6-9-17(29)12-21(15)30/h2-13,29-30H,14H2,1H3,(H,27,31). The van der Waals surface area contributed by atoms with Crippen molar-refractivity contribution in [2.24, 2.45) is 5.10 Å². The predicted molar refractivity (Wildman–Crippen MR) is 130 cm³/mol. The number of phenols is 2. The number of methoxy groups -OCH3 is 1. The van der Waals surface area contributed by atoms with E-state index in [9.17, 15) is 19.8 Å². The fourth-order valence-corrected chi connectivity index (χ4v) is 3.95. The number of nitrogens with zero attached hydrogens (tertiary/aromatic N) is 3. The zero-order valence-electron chi connectivity index (χ0n) is 18.0. The number of aromatic hydroxyl groups is 2. The second kappa shape index (κ2) is 10.1. The monoisotopic (exact) mass is 476 g/mol. The van der Waals surface area contributed by atoms with Crippen LogP contribution < -0.4 is 15.7 Å². The molecule has 0 radical (unpaired) electrons. The van der Waals surface area contributed by atoms with Gasteiger partial charge in [-0.2, -0.15) is 5.10 Å². The fraction of sp³-hybridized carbons (Fsp3) is 0.0833. The number of amides is 1. The number of nitrogens with one attached hydrogen (secondary N) is 1. The third-order valence-corrected chi connectivity index (χ3v) is 5.75. The highest BCUT2D eigenvalue weighted by molar-refractivity contribution is 7.99. The number of rotatable bonds is 7. The summed E-state index contributed by atoms with van der Waals surface area (Å²) < 4.78 is 6.65. The minimum absolute atomic E-state index is 0.0557. The van der Waals surface area contributed by atoms with Crippen LogP contribution in [0.5, 0.6) is 17.2 Å². The molecule has 0 unspecified atom stereocenters. The van der Waals surface area contributed by atoms with Crippen LogP contribution >= 0.6 is 11.8 Å². The fourth-order valence-electron chi connectivity index (χ4n) is 3.15. The molecule has 0 fully saturated rings. The lowest BCUT2D eigenvalue weighted by atomic mass is 10.2. The third kappa shape index (κ3) is 5.02. The normalized spacial score (nSPS) is 11.1. The molecule has 1 aromatic heterocycles. The molecule has 0 saturated carbocycles. The summed E-state index contributed by atoms with van der Waals surface area (Å²) in [6, 6.07) is 18.0. The highest BCUT2D eigenvalue weighted by Crippen LogP contribution is 2.23. The number of fused-ring (bicyclic) bond motifs is 1. The molecule has 0 aliphatic heterocycles. The van der Waals surface area contributed by atoms with E-state index in [1.807, 2.05) is 0 Å². The van der Waals surface area contributed by atoms with E-state index in [2.05, 4.69) is 15.5 Å². The number of ether oxygens (including phenoxy) is 1. The second-order valence-corrected chi connectivity index (χ2v) is 8.02.